The molecule has 0 saturated carbocycles. The highest BCUT2D eigenvalue weighted by molar-refractivity contribution is 5.56. The molecule has 0 aliphatic carbocycles. The number of aryl methyl sites for hydroxylation is 1. The first-order valence-electron chi connectivity index (χ1n) is 6.72. The second-order valence-electron chi connectivity index (χ2n) is 4.86. The topological polar surface area (TPSA) is 52.8 Å². The molecule has 0 spiro atoms. The molecule has 0 bridgehead atoms. The van der Waals surface area contributed by atoms with Crippen molar-refractivity contribution in [2.45, 2.75) is 13.5 Å². The maximum absolute atomic E-state index is 5.21. The van der Waals surface area contributed by atoms with E-state index >= 15 is 0 Å². The predicted molar refractivity (Wildman–Crippen MR) is 80.1 cm³/mol. The van der Waals surface area contributed by atoms with Gasteiger partial charge in [0.15, 0.2) is 0 Å². The first-order valence-corrected chi connectivity index (χ1v) is 6.72. The molecule has 5 nitrogen and oxygen atoms in total. The van der Waals surface area contributed by atoms with Gasteiger partial charge in [0.1, 0.15) is 5.75 Å². The highest BCUT2D eigenvalue weighted by Crippen LogP contribution is 2.19. The third-order valence-corrected chi connectivity index (χ3v) is 3.19. The lowest BCUT2D eigenvalue weighted by Crippen LogP contribution is -2.04. The molecule has 21 heavy (non-hydrogen) atoms. The highest BCUT2D eigenvalue weighted by Gasteiger charge is 2.07. The lowest BCUT2D eigenvalue weighted by Gasteiger charge is -2.01. The van der Waals surface area contributed by atoms with Crippen molar-refractivity contribution in [2.75, 3.05) is 7.11 Å². The third-order valence-electron chi connectivity index (χ3n) is 3.19. The fourth-order valence-electron chi connectivity index (χ4n) is 2.16. The Morgan fingerprint density at radius 2 is 1.95 bits per heavy atom. The third kappa shape index (κ3) is 3.08. The summed E-state index contributed by atoms with van der Waals surface area (Å²) in [4.78, 5) is 1.60. The Morgan fingerprint density at radius 3 is 2.76 bits per heavy atom. The number of nitrogens with zero attached hydrogens (tertiary/aromatic N) is 4. The number of tetrazole rings is 1. The van der Waals surface area contributed by atoms with Gasteiger partial charge >= 0.3 is 0 Å². The molecule has 2 aromatic carbocycles. The highest BCUT2D eigenvalue weighted by atomic mass is 16.5. The van der Waals surface area contributed by atoms with E-state index in [0.717, 1.165) is 16.9 Å². The summed E-state index contributed by atoms with van der Waals surface area (Å²) in [6, 6.07) is 15.9. The van der Waals surface area contributed by atoms with Crippen LogP contribution in [0.4, 0.5) is 0 Å². The van der Waals surface area contributed by atoms with Crippen molar-refractivity contribution in [1.82, 2.24) is 20.2 Å². The van der Waals surface area contributed by atoms with E-state index in [4.69, 9.17) is 4.74 Å². The molecule has 0 atom stereocenters. The fourth-order valence-corrected chi connectivity index (χ4v) is 2.16. The minimum atomic E-state index is 0.599. The van der Waals surface area contributed by atoms with E-state index < -0.39 is 0 Å². The number of benzene rings is 2. The van der Waals surface area contributed by atoms with Crippen molar-refractivity contribution in [3.05, 3.63) is 59.7 Å². The lowest BCUT2D eigenvalue weighted by molar-refractivity contribution is 0.415. The normalized spacial score (nSPS) is 10.6. The van der Waals surface area contributed by atoms with E-state index in [1.54, 1.807) is 11.9 Å². The molecule has 3 aromatic rings. The summed E-state index contributed by atoms with van der Waals surface area (Å²) >= 11 is 0. The molecule has 1 heterocycles. The number of hydrogen-bond acceptors (Lipinski definition) is 4. The van der Waals surface area contributed by atoms with E-state index in [2.05, 4.69) is 40.5 Å². The average Bonchev–Trinajstić information content (AvgIpc) is 2.96. The van der Waals surface area contributed by atoms with Crippen LogP contribution in [0.5, 0.6) is 5.75 Å². The molecule has 0 saturated heterocycles. The second-order valence-corrected chi connectivity index (χ2v) is 4.86. The maximum atomic E-state index is 5.21. The SMILES string of the molecule is COc1cccc(-c2nnn(Cc3cccc(C)c3)n2)c1. The molecule has 0 N–H and O–H groups in total. The summed E-state index contributed by atoms with van der Waals surface area (Å²) in [5.41, 5.74) is 3.27. The van der Waals surface area contributed by atoms with Crippen LogP contribution in [0.15, 0.2) is 48.5 Å². The van der Waals surface area contributed by atoms with Crippen molar-refractivity contribution in [3.63, 3.8) is 0 Å². The van der Waals surface area contributed by atoms with E-state index in [1.807, 2.05) is 30.3 Å². The van der Waals surface area contributed by atoms with Crippen molar-refractivity contribution in [1.29, 1.82) is 0 Å². The summed E-state index contributed by atoms with van der Waals surface area (Å²) in [5, 5.41) is 12.6. The summed E-state index contributed by atoms with van der Waals surface area (Å²) in [7, 11) is 1.64. The lowest BCUT2D eigenvalue weighted by atomic mass is 10.1. The van der Waals surface area contributed by atoms with Gasteiger partial charge in [-0.05, 0) is 29.8 Å². The monoisotopic (exact) mass is 280 g/mol. The fraction of sp³-hybridized carbons (Fsp3) is 0.188. The van der Waals surface area contributed by atoms with Crippen LogP contribution in [-0.4, -0.2) is 27.3 Å². The minimum absolute atomic E-state index is 0.599. The number of aromatic nitrogens is 4. The molecular formula is C16H16N4O. The number of methoxy groups -OCH3 is 1. The Morgan fingerprint density at radius 1 is 1.10 bits per heavy atom. The van der Waals surface area contributed by atoms with Crippen molar-refractivity contribution < 1.29 is 4.74 Å². The molecule has 0 aliphatic rings. The molecule has 0 fully saturated rings. The minimum Gasteiger partial charge on any atom is -0.497 e. The van der Waals surface area contributed by atoms with Crippen molar-refractivity contribution in [3.8, 4) is 17.1 Å². The summed E-state index contributed by atoms with van der Waals surface area (Å²) in [6.45, 7) is 2.68. The maximum Gasteiger partial charge on any atom is 0.205 e. The van der Waals surface area contributed by atoms with Crippen molar-refractivity contribution >= 4 is 0 Å². The molecule has 3 rings (SSSR count). The summed E-state index contributed by atoms with van der Waals surface area (Å²) in [6.07, 6.45) is 0. The molecule has 1 aromatic heterocycles. The van der Waals surface area contributed by atoms with Gasteiger partial charge in [-0.25, -0.2) is 0 Å². The van der Waals surface area contributed by atoms with Crippen LogP contribution in [-0.2, 0) is 6.54 Å². The Balaban J connectivity index is 1.82. The Hall–Kier alpha value is -2.69. The van der Waals surface area contributed by atoms with Crippen LogP contribution in [0.2, 0.25) is 0 Å². The molecule has 0 unspecified atom stereocenters. The summed E-state index contributed by atoms with van der Waals surface area (Å²) < 4.78 is 5.21. The number of hydrogen-bond donors (Lipinski definition) is 0. The van der Waals surface area contributed by atoms with Crippen LogP contribution in [0.25, 0.3) is 11.4 Å². The van der Waals surface area contributed by atoms with Crippen LogP contribution in [0.1, 0.15) is 11.1 Å². The largest absolute Gasteiger partial charge is 0.497 e. The molecule has 106 valence electrons. The van der Waals surface area contributed by atoms with Gasteiger partial charge in [-0.2, -0.15) is 4.80 Å². The Labute approximate surface area is 123 Å². The zero-order valence-corrected chi connectivity index (χ0v) is 12.0. The smallest absolute Gasteiger partial charge is 0.205 e. The molecule has 5 heteroatoms. The Bertz CT molecular complexity index is 751. The van der Waals surface area contributed by atoms with Crippen LogP contribution in [0, 0.1) is 6.92 Å². The number of rotatable bonds is 4. The second kappa shape index (κ2) is 5.75. The van der Waals surface area contributed by atoms with E-state index in [1.165, 1.54) is 5.56 Å². The van der Waals surface area contributed by atoms with E-state index in [0.29, 0.717) is 12.4 Å². The average molecular weight is 280 g/mol. The van der Waals surface area contributed by atoms with E-state index in [-0.39, 0.29) is 0 Å². The van der Waals surface area contributed by atoms with E-state index in [9.17, 15) is 0 Å². The van der Waals surface area contributed by atoms with Gasteiger partial charge in [-0.1, -0.05) is 42.0 Å². The van der Waals surface area contributed by atoms with Gasteiger partial charge in [0.2, 0.25) is 5.82 Å². The molecule has 0 aliphatic heterocycles. The predicted octanol–water partition coefficient (Wildman–Crippen LogP) is 2.71. The van der Waals surface area contributed by atoms with Gasteiger partial charge in [-0.3, -0.25) is 0 Å². The molecule has 0 amide bonds. The number of ether oxygens (including phenoxy) is 1. The molecular weight excluding hydrogens is 264 g/mol. The quantitative estimate of drug-likeness (QED) is 0.737. The standard InChI is InChI=1S/C16H16N4O/c1-12-5-3-6-13(9-12)11-20-18-16(17-19-20)14-7-4-8-15(10-14)21-2/h3-10H,11H2,1-2H3. The zero-order chi connectivity index (χ0) is 14.7. The van der Waals surface area contributed by atoms with Gasteiger partial charge in [-0.15, -0.1) is 10.2 Å². The van der Waals surface area contributed by atoms with Gasteiger partial charge < -0.3 is 4.74 Å². The van der Waals surface area contributed by atoms with Gasteiger partial charge in [0.25, 0.3) is 0 Å². The van der Waals surface area contributed by atoms with Crippen LogP contribution in [0.3, 0.4) is 0 Å². The van der Waals surface area contributed by atoms with Gasteiger partial charge in [0.05, 0.1) is 13.7 Å². The van der Waals surface area contributed by atoms with Crippen LogP contribution < -0.4 is 4.74 Å². The van der Waals surface area contributed by atoms with Gasteiger partial charge in [0, 0.05) is 5.56 Å². The molecule has 0 radical (unpaired) electrons. The van der Waals surface area contributed by atoms with Crippen LogP contribution >= 0.6 is 0 Å². The van der Waals surface area contributed by atoms with Crippen molar-refractivity contribution in [2.24, 2.45) is 0 Å². The summed E-state index contributed by atoms with van der Waals surface area (Å²) in [5.74, 6) is 1.38. The Kier molecular flexibility index (Phi) is 3.64. The zero-order valence-electron chi connectivity index (χ0n) is 12.0. The first kappa shape index (κ1) is 13.3. The first-order chi connectivity index (χ1) is 10.2.